The Morgan fingerprint density at radius 3 is 2.47 bits per heavy atom. The van der Waals surface area contributed by atoms with Crippen LogP contribution in [-0.4, -0.2) is 46.9 Å². The number of carbonyl (C=O) groups is 1. The molecule has 1 aromatic heterocycles. The van der Waals surface area contributed by atoms with Gasteiger partial charge in [-0.05, 0) is 66.6 Å². The summed E-state index contributed by atoms with van der Waals surface area (Å²) in [4.78, 5) is 16.1. The van der Waals surface area contributed by atoms with Gasteiger partial charge in [-0.2, -0.15) is 0 Å². The highest BCUT2D eigenvalue weighted by Crippen LogP contribution is 2.16. The van der Waals surface area contributed by atoms with E-state index in [0.29, 0.717) is 18.8 Å². The maximum Gasteiger partial charge on any atom is 0.228 e. The van der Waals surface area contributed by atoms with Gasteiger partial charge in [-0.25, -0.2) is 0 Å². The van der Waals surface area contributed by atoms with Crippen molar-refractivity contribution in [1.29, 1.82) is 0 Å². The fraction of sp³-hybridized carbons (Fsp3) is 0.250. The molecule has 0 unspecified atom stereocenters. The van der Waals surface area contributed by atoms with E-state index in [9.17, 15) is 15.0 Å². The Morgan fingerprint density at radius 1 is 1.03 bits per heavy atom. The number of benzene rings is 2. The number of halogens is 1. The number of ether oxygens (including phenoxy) is 1. The molecule has 32 heavy (non-hydrogen) atoms. The van der Waals surface area contributed by atoms with Gasteiger partial charge in [0.05, 0.1) is 6.42 Å². The van der Waals surface area contributed by atoms with Crippen LogP contribution in [0.25, 0.3) is 0 Å². The minimum Gasteiger partial charge on any atom is -0.508 e. The number of aromatic nitrogens is 1. The van der Waals surface area contributed by atoms with E-state index in [4.69, 9.17) is 4.74 Å². The maximum absolute atomic E-state index is 12.1. The number of hydrogen-bond acceptors (Lipinski definition) is 6. The van der Waals surface area contributed by atoms with Crippen LogP contribution in [0.2, 0.25) is 0 Å². The van der Waals surface area contributed by atoms with Crippen molar-refractivity contribution in [3.63, 3.8) is 0 Å². The standard InChI is InChI=1S/C24H27N3O4.ClH/c28-21-7-9-23(10-8-21)31-17-22(29)16-26-13-11-18-3-5-20(6-4-18)27-24(30)14-19-2-1-12-25-15-19;/h1-10,12,15,22,26,28-29H,11,13-14,16-17H2,(H,27,30);1H/t22-;/m0./s1. The fourth-order valence-electron chi connectivity index (χ4n) is 2.94. The second-order valence-electron chi connectivity index (χ2n) is 7.20. The molecular weight excluding hydrogens is 430 g/mol. The van der Waals surface area contributed by atoms with Crippen molar-refractivity contribution >= 4 is 24.0 Å². The van der Waals surface area contributed by atoms with Gasteiger partial charge in [0.2, 0.25) is 5.91 Å². The number of nitrogens with zero attached hydrogens (tertiary/aromatic N) is 1. The van der Waals surface area contributed by atoms with E-state index < -0.39 is 6.10 Å². The van der Waals surface area contributed by atoms with E-state index in [2.05, 4.69) is 15.6 Å². The van der Waals surface area contributed by atoms with Crippen LogP contribution in [0.3, 0.4) is 0 Å². The molecule has 1 amide bonds. The van der Waals surface area contributed by atoms with E-state index in [1.807, 2.05) is 36.4 Å². The molecule has 8 heteroatoms. The second kappa shape index (κ2) is 13.3. The zero-order valence-corrected chi connectivity index (χ0v) is 18.4. The summed E-state index contributed by atoms with van der Waals surface area (Å²) in [6.07, 6.45) is 3.83. The van der Waals surface area contributed by atoms with Crippen molar-refractivity contribution in [2.45, 2.75) is 18.9 Å². The molecule has 0 aliphatic heterocycles. The predicted molar refractivity (Wildman–Crippen MR) is 126 cm³/mol. The zero-order valence-electron chi connectivity index (χ0n) is 17.6. The molecule has 1 atom stereocenters. The van der Waals surface area contributed by atoms with Crippen molar-refractivity contribution in [3.05, 3.63) is 84.2 Å². The molecule has 7 nitrogen and oxygen atoms in total. The molecule has 0 saturated heterocycles. The summed E-state index contributed by atoms with van der Waals surface area (Å²) < 4.78 is 5.48. The van der Waals surface area contributed by atoms with E-state index in [1.54, 1.807) is 24.5 Å². The molecule has 1 heterocycles. The first-order valence-corrected chi connectivity index (χ1v) is 10.2. The number of aliphatic hydroxyl groups is 1. The van der Waals surface area contributed by atoms with Gasteiger partial charge in [0.15, 0.2) is 0 Å². The van der Waals surface area contributed by atoms with Gasteiger partial charge < -0.3 is 25.6 Å². The SMILES string of the molecule is Cl.O=C(Cc1cccnc1)Nc1ccc(CCNC[C@H](O)COc2ccc(O)cc2)cc1. The second-order valence-corrected chi connectivity index (χ2v) is 7.20. The molecule has 2 aromatic carbocycles. The third kappa shape index (κ3) is 8.93. The smallest absolute Gasteiger partial charge is 0.228 e. The van der Waals surface area contributed by atoms with E-state index in [-0.39, 0.29) is 37.1 Å². The van der Waals surface area contributed by atoms with Gasteiger partial charge in [0, 0.05) is 24.6 Å². The number of hydrogen-bond donors (Lipinski definition) is 4. The normalized spacial score (nSPS) is 11.3. The number of carbonyl (C=O) groups excluding carboxylic acids is 1. The van der Waals surface area contributed by atoms with Crippen LogP contribution in [0.1, 0.15) is 11.1 Å². The third-order valence-electron chi connectivity index (χ3n) is 4.57. The topological polar surface area (TPSA) is 104 Å². The molecular formula is C24H28ClN3O4. The zero-order chi connectivity index (χ0) is 21.9. The van der Waals surface area contributed by atoms with Gasteiger partial charge >= 0.3 is 0 Å². The highest BCUT2D eigenvalue weighted by atomic mass is 35.5. The Bertz CT molecular complexity index is 938. The van der Waals surface area contributed by atoms with Gasteiger partial charge in [0.1, 0.15) is 24.2 Å². The number of nitrogens with one attached hydrogen (secondary N) is 2. The summed E-state index contributed by atoms with van der Waals surface area (Å²) in [5.41, 5.74) is 2.76. The number of pyridine rings is 1. The molecule has 4 N–H and O–H groups in total. The van der Waals surface area contributed by atoms with Crippen LogP contribution in [0.4, 0.5) is 5.69 Å². The average molecular weight is 458 g/mol. The minimum absolute atomic E-state index is 0. The lowest BCUT2D eigenvalue weighted by Gasteiger charge is -2.13. The lowest BCUT2D eigenvalue weighted by Crippen LogP contribution is -2.32. The number of phenolic OH excluding ortho intramolecular Hbond substituents is 1. The van der Waals surface area contributed by atoms with Crippen LogP contribution in [0.15, 0.2) is 73.1 Å². The Kier molecular flexibility index (Phi) is 10.5. The molecule has 0 aliphatic rings. The average Bonchev–Trinajstić information content (AvgIpc) is 2.78. The summed E-state index contributed by atoms with van der Waals surface area (Å²) in [6, 6.07) is 17.8. The van der Waals surface area contributed by atoms with Crippen LogP contribution >= 0.6 is 12.4 Å². The molecule has 0 spiro atoms. The fourth-order valence-corrected chi connectivity index (χ4v) is 2.94. The Labute approximate surface area is 193 Å². The number of rotatable bonds is 11. The van der Waals surface area contributed by atoms with Gasteiger partial charge in [-0.3, -0.25) is 9.78 Å². The quantitative estimate of drug-likeness (QED) is 0.330. The monoisotopic (exact) mass is 457 g/mol. The van der Waals surface area contributed by atoms with Crippen molar-refractivity contribution in [2.75, 3.05) is 25.0 Å². The molecule has 0 fully saturated rings. The first kappa shape index (κ1) is 25.1. The molecule has 3 rings (SSSR count). The summed E-state index contributed by atoms with van der Waals surface area (Å²) in [6.45, 7) is 1.30. The largest absolute Gasteiger partial charge is 0.508 e. The highest BCUT2D eigenvalue weighted by molar-refractivity contribution is 5.92. The number of aromatic hydroxyl groups is 1. The van der Waals surface area contributed by atoms with Gasteiger partial charge in [-0.15, -0.1) is 12.4 Å². The lowest BCUT2D eigenvalue weighted by atomic mass is 10.1. The first-order chi connectivity index (χ1) is 15.1. The molecule has 0 bridgehead atoms. The number of amides is 1. The van der Waals surface area contributed by atoms with Crippen LogP contribution in [0.5, 0.6) is 11.5 Å². The molecule has 0 aliphatic carbocycles. The number of aliphatic hydroxyl groups excluding tert-OH is 1. The third-order valence-corrected chi connectivity index (χ3v) is 4.57. The summed E-state index contributed by atoms with van der Waals surface area (Å²) >= 11 is 0. The van der Waals surface area contributed by atoms with E-state index in [0.717, 1.165) is 23.2 Å². The summed E-state index contributed by atoms with van der Waals surface area (Å²) in [7, 11) is 0. The summed E-state index contributed by atoms with van der Waals surface area (Å²) in [5.74, 6) is 0.699. The number of phenols is 1. The van der Waals surface area contributed by atoms with Crippen molar-refractivity contribution < 1.29 is 19.7 Å². The van der Waals surface area contributed by atoms with Crippen LogP contribution < -0.4 is 15.4 Å². The Hall–Kier alpha value is -3.13. The van der Waals surface area contributed by atoms with Crippen LogP contribution in [-0.2, 0) is 17.6 Å². The summed E-state index contributed by atoms with van der Waals surface area (Å²) in [5, 5.41) is 25.3. The molecule has 170 valence electrons. The lowest BCUT2D eigenvalue weighted by molar-refractivity contribution is -0.115. The van der Waals surface area contributed by atoms with Crippen molar-refractivity contribution in [3.8, 4) is 11.5 Å². The minimum atomic E-state index is -0.633. The Balaban J connectivity index is 0.00000363. The van der Waals surface area contributed by atoms with Crippen molar-refractivity contribution in [1.82, 2.24) is 10.3 Å². The Morgan fingerprint density at radius 2 is 1.78 bits per heavy atom. The predicted octanol–water partition coefficient (Wildman–Crippen LogP) is 2.96. The molecule has 0 radical (unpaired) electrons. The van der Waals surface area contributed by atoms with Gasteiger partial charge in [-0.1, -0.05) is 18.2 Å². The molecule has 0 saturated carbocycles. The van der Waals surface area contributed by atoms with E-state index >= 15 is 0 Å². The molecule has 3 aromatic rings. The van der Waals surface area contributed by atoms with E-state index in [1.165, 1.54) is 12.1 Å². The number of anilines is 1. The first-order valence-electron chi connectivity index (χ1n) is 10.2. The van der Waals surface area contributed by atoms with Crippen LogP contribution in [0, 0.1) is 0 Å². The maximum atomic E-state index is 12.1. The highest BCUT2D eigenvalue weighted by Gasteiger charge is 2.06. The van der Waals surface area contributed by atoms with Gasteiger partial charge in [0.25, 0.3) is 0 Å². The van der Waals surface area contributed by atoms with Crippen molar-refractivity contribution in [2.24, 2.45) is 0 Å².